The maximum atomic E-state index is 11.2. The molecule has 0 saturated heterocycles. The van der Waals surface area contributed by atoms with Crippen LogP contribution in [0.1, 0.15) is 36.1 Å². The highest BCUT2D eigenvalue weighted by Crippen LogP contribution is 2.37. The zero-order valence-corrected chi connectivity index (χ0v) is 21.9. The lowest BCUT2D eigenvalue weighted by molar-refractivity contribution is -0.137. The van der Waals surface area contributed by atoms with Crippen molar-refractivity contribution in [2.75, 3.05) is 20.3 Å². The van der Waals surface area contributed by atoms with Crippen molar-refractivity contribution < 1.29 is 24.1 Å². The molecular weight excluding hydrogens is 486 g/mol. The highest BCUT2D eigenvalue weighted by molar-refractivity contribution is 7.17. The van der Waals surface area contributed by atoms with Gasteiger partial charge in [-0.15, -0.1) is 17.3 Å². The number of aromatic nitrogens is 1. The molecule has 1 unspecified atom stereocenters. The first-order valence-corrected chi connectivity index (χ1v) is 12.8. The molecular formula is C30H29NO5S. The van der Waals surface area contributed by atoms with E-state index in [1.165, 1.54) is 4.70 Å². The maximum Gasteiger partial charge on any atom is 0.304 e. The smallest absolute Gasteiger partial charge is 0.304 e. The van der Waals surface area contributed by atoms with Crippen LogP contribution in [-0.2, 0) is 16.1 Å². The van der Waals surface area contributed by atoms with Gasteiger partial charge < -0.3 is 19.3 Å². The second-order valence-electron chi connectivity index (χ2n) is 8.53. The summed E-state index contributed by atoms with van der Waals surface area (Å²) in [5.74, 6) is 6.02. The molecule has 7 heteroatoms. The topological polar surface area (TPSA) is 77.9 Å². The van der Waals surface area contributed by atoms with Crippen molar-refractivity contribution in [1.82, 2.24) is 4.98 Å². The van der Waals surface area contributed by atoms with Gasteiger partial charge in [0.05, 0.1) is 25.1 Å². The molecule has 190 valence electrons. The van der Waals surface area contributed by atoms with Gasteiger partial charge in [-0.25, -0.2) is 0 Å². The van der Waals surface area contributed by atoms with Crippen LogP contribution in [0.15, 0.2) is 60.1 Å². The Morgan fingerprint density at radius 3 is 2.59 bits per heavy atom. The van der Waals surface area contributed by atoms with E-state index in [0.29, 0.717) is 25.6 Å². The minimum atomic E-state index is -0.868. The second kappa shape index (κ2) is 12.4. The van der Waals surface area contributed by atoms with Gasteiger partial charge in [0.2, 0.25) is 0 Å². The minimum Gasteiger partial charge on any atom is -0.490 e. The molecule has 0 radical (unpaired) electrons. The predicted molar refractivity (Wildman–Crippen MR) is 146 cm³/mol. The van der Waals surface area contributed by atoms with E-state index >= 15 is 0 Å². The fourth-order valence-electron chi connectivity index (χ4n) is 4.05. The lowest BCUT2D eigenvalue weighted by Gasteiger charge is -2.11. The molecule has 0 spiro atoms. The molecule has 0 aliphatic carbocycles. The van der Waals surface area contributed by atoms with Gasteiger partial charge in [-0.1, -0.05) is 24.1 Å². The largest absolute Gasteiger partial charge is 0.490 e. The summed E-state index contributed by atoms with van der Waals surface area (Å²) >= 11 is 1.70. The highest BCUT2D eigenvalue weighted by atomic mass is 32.1. The summed E-state index contributed by atoms with van der Waals surface area (Å²) in [6.45, 7) is 5.12. The number of carboxylic acid groups (broad SMARTS) is 1. The third-order valence-corrected chi connectivity index (χ3v) is 6.89. The van der Waals surface area contributed by atoms with Crippen molar-refractivity contribution >= 4 is 27.4 Å². The average molecular weight is 516 g/mol. The number of methoxy groups -OCH3 is 1. The molecule has 2 heterocycles. The summed E-state index contributed by atoms with van der Waals surface area (Å²) in [5, 5.41) is 12.5. The van der Waals surface area contributed by atoms with Crippen molar-refractivity contribution in [2.24, 2.45) is 0 Å². The molecule has 1 atom stereocenters. The van der Waals surface area contributed by atoms with Crippen molar-refractivity contribution in [3.05, 3.63) is 76.9 Å². The second-order valence-corrected chi connectivity index (χ2v) is 9.44. The quantitative estimate of drug-likeness (QED) is 0.183. The number of rotatable bonds is 11. The van der Waals surface area contributed by atoms with Crippen LogP contribution >= 0.6 is 11.3 Å². The van der Waals surface area contributed by atoms with Crippen LogP contribution in [0.4, 0.5) is 0 Å². The van der Waals surface area contributed by atoms with Gasteiger partial charge in [0.25, 0.3) is 0 Å². The SMILES string of the molecule is CC#CC(CC(=O)O)c1ccc(OCc2ccc3scc(-c4cc(OCCOC)cnc4C)c3c2)cc1. The molecule has 4 rings (SSSR count). The van der Waals surface area contributed by atoms with Gasteiger partial charge in [-0.3, -0.25) is 9.78 Å². The molecule has 0 saturated carbocycles. The Bertz CT molecular complexity index is 1430. The first-order valence-electron chi connectivity index (χ1n) is 11.9. The fraction of sp³-hybridized carbons (Fsp3) is 0.267. The maximum absolute atomic E-state index is 11.2. The summed E-state index contributed by atoms with van der Waals surface area (Å²) < 4.78 is 18.1. The number of carboxylic acids is 1. The zero-order chi connectivity index (χ0) is 26.2. The van der Waals surface area contributed by atoms with Crippen LogP contribution in [0.2, 0.25) is 0 Å². The molecule has 0 aliphatic heterocycles. The lowest BCUT2D eigenvalue weighted by atomic mass is 9.96. The fourth-order valence-corrected chi connectivity index (χ4v) is 4.99. The lowest BCUT2D eigenvalue weighted by Crippen LogP contribution is -2.05. The summed E-state index contributed by atoms with van der Waals surface area (Å²) in [6.07, 6.45) is 1.72. The van der Waals surface area contributed by atoms with E-state index in [0.717, 1.165) is 39.1 Å². The van der Waals surface area contributed by atoms with Crippen molar-refractivity contribution in [3.63, 3.8) is 0 Å². The average Bonchev–Trinajstić information content (AvgIpc) is 3.31. The van der Waals surface area contributed by atoms with Gasteiger partial charge >= 0.3 is 5.97 Å². The normalized spacial score (nSPS) is 11.5. The van der Waals surface area contributed by atoms with Gasteiger partial charge in [0, 0.05) is 34.0 Å². The summed E-state index contributed by atoms with van der Waals surface area (Å²) in [7, 11) is 1.65. The Labute approximate surface area is 220 Å². The van der Waals surface area contributed by atoms with Crippen LogP contribution in [0, 0.1) is 18.8 Å². The molecule has 2 aromatic heterocycles. The van der Waals surface area contributed by atoms with Crippen molar-refractivity contribution in [1.29, 1.82) is 0 Å². The first kappa shape index (κ1) is 26.2. The van der Waals surface area contributed by atoms with E-state index in [2.05, 4.69) is 40.4 Å². The number of ether oxygens (including phenoxy) is 3. The molecule has 2 aromatic carbocycles. The standard InChI is InChI=1S/C30H29NO5S/c1-4-5-23(15-30(32)33)22-7-9-24(10-8-22)36-18-21-6-11-29-27(14-21)28(19-37-29)26-16-25(17-31-20(26)2)35-13-12-34-3/h6-11,14,16-17,19,23H,12-13,15,18H2,1-3H3,(H,32,33). The predicted octanol–water partition coefficient (Wildman–Crippen LogP) is 6.46. The third kappa shape index (κ3) is 6.67. The molecule has 0 amide bonds. The number of aryl methyl sites for hydroxylation is 1. The van der Waals surface area contributed by atoms with Gasteiger partial charge in [0.1, 0.15) is 24.7 Å². The first-order chi connectivity index (χ1) is 18.0. The van der Waals surface area contributed by atoms with Crippen LogP contribution in [0.25, 0.3) is 21.2 Å². The molecule has 1 N–H and O–H groups in total. The van der Waals surface area contributed by atoms with E-state index in [1.54, 1.807) is 31.6 Å². The van der Waals surface area contributed by atoms with Gasteiger partial charge in [0.15, 0.2) is 0 Å². The Balaban J connectivity index is 1.50. The van der Waals surface area contributed by atoms with E-state index in [4.69, 9.17) is 19.3 Å². The monoisotopic (exact) mass is 515 g/mol. The Hall–Kier alpha value is -3.86. The Kier molecular flexibility index (Phi) is 8.78. The highest BCUT2D eigenvalue weighted by Gasteiger charge is 2.14. The summed E-state index contributed by atoms with van der Waals surface area (Å²) in [5.41, 5.74) is 5.02. The van der Waals surface area contributed by atoms with E-state index in [-0.39, 0.29) is 12.3 Å². The molecule has 0 aliphatic rings. The van der Waals surface area contributed by atoms with Gasteiger partial charge in [-0.2, -0.15) is 0 Å². The number of hydrogen-bond donors (Lipinski definition) is 1. The molecule has 0 bridgehead atoms. The number of hydrogen-bond acceptors (Lipinski definition) is 6. The number of thiophene rings is 1. The van der Waals surface area contributed by atoms with E-state index < -0.39 is 5.97 Å². The number of nitrogens with zero attached hydrogens (tertiary/aromatic N) is 1. The van der Waals surface area contributed by atoms with Crippen LogP contribution < -0.4 is 9.47 Å². The van der Waals surface area contributed by atoms with Gasteiger partial charge in [-0.05, 0) is 60.7 Å². The number of fused-ring (bicyclic) bond motifs is 1. The van der Waals surface area contributed by atoms with Crippen LogP contribution in [0.3, 0.4) is 0 Å². The van der Waals surface area contributed by atoms with E-state index in [9.17, 15) is 4.79 Å². The van der Waals surface area contributed by atoms with Crippen LogP contribution in [-0.4, -0.2) is 36.4 Å². The van der Waals surface area contributed by atoms with Crippen LogP contribution in [0.5, 0.6) is 11.5 Å². The minimum absolute atomic E-state index is 0.0266. The van der Waals surface area contributed by atoms with Crippen molar-refractivity contribution in [3.8, 4) is 34.5 Å². The number of carbonyl (C=O) groups is 1. The van der Waals surface area contributed by atoms with E-state index in [1.807, 2.05) is 37.3 Å². The summed E-state index contributed by atoms with van der Waals surface area (Å²) in [6, 6.07) is 15.9. The number of aliphatic carboxylic acids is 1. The Morgan fingerprint density at radius 2 is 1.86 bits per heavy atom. The Morgan fingerprint density at radius 1 is 1.05 bits per heavy atom. The summed E-state index contributed by atoms with van der Waals surface area (Å²) in [4.78, 5) is 15.7. The number of pyridine rings is 1. The molecule has 37 heavy (non-hydrogen) atoms. The number of benzene rings is 2. The third-order valence-electron chi connectivity index (χ3n) is 5.93. The molecule has 0 fully saturated rings. The molecule has 4 aromatic rings. The zero-order valence-electron chi connectivity index (χ0n) is 21.1. The molecule has 6 nitrogen and oxygen atoms in total. The van der Waals surface area contributed by atoms with Crippen molar-refractivity contribution in [2.45, 2.75) is 32.8 Å².